The molecule has 0 amide bonds. The molecule has 0 saturated carbocycles. The zero-order chi connectivity index (χ0) is 36.9. The van der Waals surface area contributed by atoms with Gasteiger partial charge in [0.1, 0.15) is 22.7 Å². The fourth-order valence-electron chi connectivity index (χ4n) is 5.94. The van der Waals surface area contributed by atoms with Gasteiger partial charge in [-0.15, -0.1) is 0 Å². The van der Waals surface area contributed by atoms with Gasteiger partial charge >= 0.3 is 11.9 Å². The second-order valence-corrected chi connectivity index (χ2v) is 11.8. The number of carboxylic acid groups (broad SMARTS) is 2. The van der Waals surface area contributed by atoms with E-state index in [1.54, 1.807) is 26.4 Å². The van der Waals surface area contributed by atoms with E-state index in [1.807, 2.05) is 24.3 Å². The molecule has 2 aromatic carbocycles. The molecule has 17 nitrogen and oxygen atoms in total. The van der Waals surface area contributed by atoms with Gasteiger partial charge in [0, 0.05) is 49.1 Å². The molecule has 1 aliphatic heterocycles. The summed E-state index contributed by atoms with van der Waals surface area (Å²) in [5.41, 5.74) is 2.59. The highest BCUT2D eigenvalue weighted by molar-refractivity contribution is 5.90. The zero-order valence-corrected chi connectivity index (χ0v) is 28.9. The van der Waals surface area contributed by atoms with Crippen molar-refractivity contribution in [1.82, 2.24) is 9.97 Å². The second kappa shape index (κ2) is 15.7. The Bertz CT molecular complexity index is 2060. The topological polar surface area (TPSA) is 206 Å². The Morgan fingerprint density at radius 3 is 1.34 bits per heavy atom. The first kappa shape index (κ1) is 35.4. The highest BCUT2D eigenvalue weighted by atomic mass is 16.5. The monoisotopic (exact) mass is 732 g/mol. The van der Waals surface area contributed by atoms with Crippen molar-refractivity contribution in [2.45, 2.75) is 0 Å². The highest BCUT2D eigenvalue weighted by Gasteiger charge is 2.22. The number of furan rings is 2. The van der Waals surface area contributed by atoms with Crippen LogP contribution in [0.3, 0.4) is 0 Å². The largest absolute Gasteiger partial charge is 0.495 e. The molecule has 2 N–H and O–H groups in total. The normalized spacial score (nSPS) is 15.4. The predicted molar refractivity (Wildman–Crippen MR) is 187 cm³/mol. The van der Waals surface area contributed by atoms with E-state index in [-0.39, 0.29) is 34.8 Å². The third-order valence-electron chi connectivity index (χ3n) is 8.57. The Hall–Kier alpha value is -6.04. The van der Waals surface area contributed by atoms with Crippen LogP contribution >= 0.6 is 0 Å². The highest BCUT2D eigenvalue weighted by Crippen LogP contribution is 2.38. The summed E-state index contributed by atoms with van der Waals surface area (Å²) in [4.78, 5) is 34.8. The first-order chi connectivity index (χ1) is 25.8. The number of anilines is 2. The quantitative estimate of drug-likeness (QED) is 0.204. The molecule has 0 aliphatic carbocycles. The summed E-state index contributed by atoms with van der Waals surface area (Å²) in [5.74, 6) is -1.14. The van der Waals surface area contributed by atoms with Gasteiger partial charge in [0.2, 0.25) is 11.5 Å². The maximum atomic E-state index is 11.3. The minimum absolute atomic E-state index is 0.0557. The lowest BCUT2D eigenvalue weighted by Gasteiger charge is -2.27. The second-order valence-electron chi connectivity index (χ2n) is 11.8. The standard InChI is InChI=1S/C36H36N4O13/c1-45-27-13-21-15-29(33-37-19-31(52-33)35(41)42)50-25(21)17-23(27)39-3-7-47-8-4-40(6-10-49-12-11-48-9-5-39)24-18-26-22(14-28(24)46-2)16-30(51-26)34-38-20-32(53-34)36(43)44/h13-20H,3-12H2,1-2H3,(H,41,42)(H,43,44). The predicted octanol–water partition coefficient (Wildman–Crippen LogP) is 5.28. The van der Waals surface area contributed by atoms with E-state index in [9.17, 15) is 19.8 Å². The number of methoxy groups -OCH3 is 2. The molecule has 4 aromatic heterocycles. The van der Waals surface area contributed by atoms with Gasteiger partial charge in [-0.2, -0.15) is 0 Å². The average molecular weight is 733 g/mol. The Labute approximate surface area is 301 Å². The van der Waals surface area contributed by atoms with Gasteiger partial charge in [0.05, 0.1) is 77.6 Å². The van der Waals surface area contributed by atoms with Gasteiger partial charge in [-0.1, -0.05) is 0 Å². The van der Waals surface area contributed by atoms with Crippen molar-refractivity contribution in [2.24, 2.45) is 0 Å². The van der Waals surface area contributed by atoms with Crippen LogP contribution < -0.4 is 19.3 Å². The van der Waals surface area contributed by atoms with Crippen molar-refractivity contribution in [3.63, 3.8) is 0 Å². The van der Waals surface area contributed by atoms with Gasteiger partial charge < -0.3 is 61.4 Å². The average Bonchev–Trinajstić information content (AvgIpc) is 3.97. The zero-order valence-electron chi connectivity index (χ0n) is 28.9. The number of oxazole rings is 2. The molecule has 17 heteroatoms. The molecule has 7 rings (SSSR count). The van der Waals surface area contributed by atoms with Gasteiger partial charge in [-0.25, -0.2) is 19.6 Å². The number of aromatic nitrogens is 2. The van der Waals surface area contributed by atoms with Crippen LogP contribution in [0.2, 0.25) is 0 Å². The Balaban J connectivity index is 1.08. The molecule has 6 aromatic rings. The number of ether oxygens (including phenoxy) is 5. The van der Waals surface area contributed by atoms with E-state index >= 15 is 0 Å². The van der Waals surface area contributed by atoms with Crippen LogP contribution in [0.1, 0.15) is 21.1 Å². The van der Waals surface area contributed by atoms with E-state index in [4.69, 9.17) is 41.4 Å². The van der Waals surface area contributed by atoms with Crippen LogP contribution in [0.25, 0.3) is 45.2 Å². The van der Waals surface area contributed by atoms with E-state index in [0.29, 0.717) is 88.5 Å². The summed E-state index contributed by atoms with van der Waals surface area (Å²) in [6.07, 6.45) is 2.27. The number of hydrogen-bond donors (Lipinski definition) is 2. The maximum Gasteiger partial charge on any atom is 0.373 e. The van der Waals surface area contributed by atoms with Crippen molar-refractivity contribution in [3.05, 3.63) is 60.3 Å². The lowest BCUT2D eigenvalue weighted by Crippen LogP contribution is -2.33. The molecule has 0 spiro atoms. The molecule has 0 radical (unpaired) electrons. The molecule has 0 bridgehead atoms. The molecule has 1 aliphatic rings. The van der Waals surface area contributed by atoms with E-state index in [1.165, 1.54) is 0 Å². The lowest BCUT2D eigenvalue weighted by molar-refractivity contribution is 0.0530. The number of rotatable bonds is 8. The lowest BCUT2D eigenvalue weighted by atomic mass is 10.2. The maximum absolute atomic E-state index is 11.3. The van der Waals surface area contributed by atoms with Gasteiger partial charge in [-0.05, 0) is 24.3 Å². The first-order valence-corrected chi connectivity index (χ1v) is 16.7. The summed E-state index contributed by atoms with van der Waals surface area (Å²) in [6, 6.07) is 10.8. The van der Waals surface area contributed by atoms with E-state index in [0.717, 1.165) is 34.5 Å². The summed E-state index contributed by atoms with van der Waals surface area (Å²) in [5, 5.41) is 19.9. The summed E-state index contributed by atoms with van der Waals surface area (Å²) >= 11 is 0. The Kier molecular flexibility index (Phi) is 10.5. The van der Waals surface area contributed by atoms with Crippen LogP contribution in [-0.4, -0.2) is 112 Å². The minimum atomic E-state index is -1.22. The summed E-state index contributed by atoms with van der Waals surface area (Å²) in [6.45, 7) is 4.46. The van der Waals surface area contributed by atoms with Crippen molar-refractivity contribution >= 4 is 45.3 Å². The molecular weight excluding hydrogens is 696 g/mol. The number of benzene rings is 2. The van der Waals surface area contributed by atoms with Crippen molar-refractivity contribution < 1.29 is 61.2 Å². The fourth-order valence-corrected chi connectivity index (χ4v) is 5.94. The van der Waals surface area contributed by atoms with Gasteiger partial charge in [-0.3, -0.25) is 0 Å². The van der Waals surface area contributed by atoms with E-state index in [2.05, 4.69) is 19.8 Å². The molecule has 1 fully saturated rings. The van der Waals surface area contributed by atoms with Crippen LogP contribution in [0, 0.1) is 0 Å². The smallest absolute Gasteiger partial charge is 0.373 e. The van der Waals surface area contributed by atoms with Crippen LogP contribution in [0.4, 0.5) is 11.4 Å². The Morgan fingerprint density at radius 2 is 0.981 bits per heavy atom. The van der Waals surface area contributed by atoms with Crippen molar-refractivity contribution in [3.8, 4) is 34.8 Å². The number of aromatic carboxylic acids is 2. The third-order valence-corrected chi connectivity index (χ3v) is 8.57. The molecule has 1 saturated heterocycles. The third kappa shape index (κ3) is 7.76. The Morgan fingerprint density at radius 1 is 0.585 bits per heavy atom. The minimum Gasteiger partial charge on any atom is -0.495 e. The number of hydrogen-bond acceptors (Lipinski definition) is 15. The van der Waals surface area contributed by atoms with Crippen molar-refractivity contribution in [1.29, 1.82) is 0 Å². The molecular formula is C36H36N4O13. The summed E-state index contributed by atoms with van der Waals surface area (Å²) in [7, 11) is 3.17. The van der Waals surface area contributed by atoms with Crippen LogP contribution in [0.5, 0.6) is 11.5 Å². The number of carboxylic acids is 2. The molecule has 0 unspecified atom stereocenters. The van der Waals surface area contributed by atoms with E-state index < -0.39 is 11.9 Å². The molecule has 0 atom stereocenters. The SMILES string of the molecule is COc1cc2cc(-c3ncc(C(=O)O)o3)oc2cc1N1CCOCCOCCN(c2cc3oc(-c4ncc(C(=O)O)o4)cc3cc2OC)CCOCC1. The van der Waals surface area contributed by atoms with Gasteiger partial charge in [0.25, 0.3) is 11.8 Å². The number of fused-ring (bicyclic) bond motifs is 2. The number of carbonyl (C=O) groups is 2. The van der Waals surface area contributed by atoms with Crippen LogP contribution in [0.15, 0.2) is 66.5 Å². The van der Waals surface area contributed by atoms with Crippen molar-refractivity contribution in [2.75, 3.05) is 89.8 Å². The number of nitrogens with zero attached hydrogens (tertiary/aromatic N) is 4. The molecule has 278 valence electrons. The van der Waals surface area contributed by atoms with Gasteiger partial charge in [0.15, 0.2) is 11.5 Å². The summed E-state index contributed by atoms with van der Waals surface area (Å²) < 4.78 is 52.3. The molecule has 5 heterocycles. The fraction of sp³-hybridized carbons (Fsp3) is 0.333. The molecule has 53 heavy (non-hydrogen) atoms. The van der Waals surface area contributed by atoms with Crippen LogP contribution in [-0.2, 0) is 14.2 Å². The first-order valence-electron chi connectivity index (χ1n) is 16.7.